The Morgan fingerprint density at radius 3 is 2.58 bits per heavy atom. The van der Waals surface area contributed by atoms with Crippen LogP contribution in [-0.4, -0.2) is 45.5 Å². The van der Waals surface area contributed by atoms with Gasteiger partial charge in [0.1, 0.15) is 0 Å². The van der Waals surface area contributed by atoms with Gasteiger partial charge in [-0.1, -0.05) is 31.5 Å². The first kappa shape index (κ1) is 20.5. The maximum atomic E-state index is 12.6. The van der Waals surface area contributed by atoms with E-state index in [1.165, 1.54) is 11.0 Å². The van der Waals surface area contributed by atoms with Gasteiger partial charge in [-0.3, -0.25) is 19.3 Å². The smallest absolute Gasteiger partial charge is 0.261 e. The van der Waals surface area contributed by atoms with Crippen LogP contribution >= 0.6 is 0 Å². The van der Waals surface area contributed by atoms with Crippen LogP contribution in [-0.2, 0) is 6.42 Å². The van der Waals surface area contributed by atoms with Crippen LogP contribution in [0.5, 0.6) is 0 Å². The number of carbonyl (C=O) groups excluding carboxylic acids is 3. The minimum absolute atomic E-state index is 0.273. The number of aromatic nitrogens is 2. The van der Waals surface area contributed by atoms with E-state index in [1.54, 1.807) is 23.0 Å². The van der Waals surface area contributed by atoms with Crippen LogP contribution in [0, 0.1) is 0 Å². The number of benzene rings is 2. The largest absolute Gasteiger partial charge is 0.352 e. The number of fused-ring (bicyclic) bond motifs is 1. The summed E-state index contributed by atoms with van der Waals surface area (Å²) in [5, 5.41) is 7.23. The van der Waals surface area contributed by atoms with Crippen molar-refractivity contribution in [3.05, 3.63) is 83.2 Å². The number of carbonyl (C=O) groups is 3. The molecule has 4 rings (SSSR count). The topological polar surface area (TPSA) is 84.3 Å². The summed E-state index contributed by atoms with van der Waals surface area (Å²) in [6.45, 7) is 2.85. The summed E-state index contributed by atoms with van der Waals surface area (Å²) >= 11 is 0. The standard InChI is InChI=1S/C24H24N4O3/c1-2-3-13-27-23(30)20-10-9-18(14-21(20)24(27)31)22(29)25-12-11-17-15-26-28(16-17)19-7-5-4-6-8-19/h4-10,14-16H,2-3,11-13H2,1H3,(H,25,29). The molecule has 1 aromatic heterocycles. The van der Waals surface area contributed by atoms with Crippen molar-refractivity contribution in [2.24, 2.45) is 0 Å². The molecular weight excluding hydrogens is 392 g/mol. The number of imide groups is 1. The van der Waals surface area contributed by atoms with Crippen molar-refractivity contribution in [1.29, 1.82) is 0 Å². The molecule has 7 nitrogen and oxygen atoms in total. The van der Waals surface area contributed by atoms with Gasteiger partial charge in [-0.15, -0.1) is 0 Å². The molecule has 2 aromatic carbocycles. The molecule has 0 fully saturated rings. The van der Waals surface area contributed by atoms with Gasteiger partial charge < -0.3 is 5.32 Å². The lowest BCUT2D eigenvalue weighted by molar-refractivity contribution is 0.0652. The molecule has 31 heavy (non-hydrogen) atoms. The molecule has 7 heteroatoms. The van der Waals surface area contributed by atoms with Crippen LogP contribution in [0.1, 0.15) is 56.4 Å². The number of nitrogens with zero attached hydrogens (tertiary/aromatic N) is 3. The number of rotatable bonds is 8. The molecule has 1 aliphatic heterocycles. The van der Waals surface area contributed by atoms with Gasteiger partial charge in [0.2, 0.25) is 0 Å². The summed E-state index contributed by atoms with van der Waals surface area (Å²) < 4.78 is 1.80. The Balaban J connectivity index is 1.36. The molecule has 0 unspecified atom stereocenters. The van der Waals surface area contributed by atoms with E-state index in [2.05, 4.69) is 10.4 Å². The molecule has 158 valence electrons. The number of unbranched alkanes of at least 4 members (excludes halogenated alkanes) is 1. The summed E-state index contributed by atoms with van der Waals surface area (Å²) in [6, 6.07) is 14.5. The summed E-state index contributed by atoms with van der Waals surface area (Å²) in [5.74, 6) is -0.877. The lowest BCUT2D eigenvalue weighted by atomic mass is 10.1. The second-order valence-corrected chi connectivity index (χ2v) is 7.51. The van der Waals surface area contributed by atoms with Gasteiger partial charge in [0, 0.05) is 24.8 Å². The molecular formula is C24H24N4O3. The Morgan fingerprint density at radius 1 is 1.03 bits per heavy atom. The van der Waals surface area contributed by atoms with E-state index in [0.29, 0.717) is 36.2 Å². The van der Waals surface area contributed by atoms with Crippen molar-refractivity contribution in [1.82, 2.24) is 20.0 Å². The molecule has 0 atom stereocenters. The fraction of sp³-hybridized carbons (Fsp3) is 0.250. The van der Waals surface area contributed by atoms with Crippen molar-refractivity contribution in [2.75, 3.05) is 13.1 Å². The highest BCUT2D eigenvalue weighted by Crippen LogP contribution is 2.24. The molecule has 1 aliphatic rings. The van der Waals surface area contributed by atoms with Crippen LogP contribution in [0.4, 0.5) is 0 Å². The zero-order valence-electron chi connectivity index (χ0n) is 17.4. The maximum absolute atomic E-state index is 12.6. The van der Waals surface area contributed by atoms with Crippen LogP contribution < -0.4 is 5.32 Å². The third-order valence-corrected chi connectivity index (χ3v) is 5.32. The minimum atomic E-state index is -0.323. The number of amides is 3. The quantitative estimate of drug-likeness (QED) is 0.572. The van der Waals surface area contributed by atoms with Crippen molar-refractivity contribution < 1.29 is 14.4 Å². The van der Waals surface area contributed by atoms with E-state index in [9.17, 15) is 14.4 Å². The van der Waals surface area contributed by atoms with E-state index < -0.39 is 0 Å². The lowest BCUT2D eigenvalue weighted by Crippen LogP contribution is -2.30. The molecule has 3 aromatic rings. The Kier molecular flexibility index (Phi) is 5.93. The molecule has 0 spiro atoms. The van der Waals surface area contributed by atoms with Gasteiger partial charge in [-0.05, 0) is 48.7 Å². The Labute approximate surface area is 180 Å². The summed E-state index contributed by atoms with van der Waals surface area (Å²) in [6.07, 6.45) is 6.01. The second kappa shape index (κ2) is 8.95. The van der Waals surface area contributed by atoms with Crippen molar-refractivity contribution in [3.8, 4) is 5.69 Å². The van der Waals surface area contributed by atoms with Crippen LogP contribution in [0.15, 0.2) is 60.9 Å². The van der Waals surface area contributed by atoms with Gasteiger partial charge in [0.05, 0.1) is 23.0 Å². The number of para-hydroxylation sites is 1. The van der Waals surface area contributed by atoms with Crippen LogP contribution in [0.3, 0.4) is 0 Å². The fourth-order valence-corrected chi connectivity index (χ4v) is 3.58. The van der Waals surface area contributed by atoms with E-state index in [-0.39, 0.29) is 17.7 Å². The first-order valence-corrected chi connectivity index (χ1v) is 10.5. The predicted molar refractivity (Wildman–Crippen MR) is 116 cm³/mol. The highest BCUT2D eigenvalue weighted by Gasteiger charge is 2.35. The molecule has 2 heterocycles. The number of hydrogen-bond acceptors (Lipinski definition) is 4. The molecule has 0 aliphatic carbocycles. The monoisotopic (exact) mass is 416 g/mol. The number of hydrogen-bond donors (Lipinski definition) is 1. The van der Waals surface area contributed by atoms with E-state index >= 15 is 0 Å². The molecule has 0 saturated carbocycles. The Morgan fingerprint density at radius 2 is 1.81 bits per heavy atom. The van der Waals surface area contributed by atoms with Gasteiger partial charge in [0.15, 0.2) is 0 Å². The summed E-state index contributed by atoms with van der Waals surface area (Å²) in [7, 11) is 0. The van der Waals surface area contributed by atoms with E-state index in [1.807, 2.05) is 43.5 Å². The SMILES string of the molecule is CCCCN1C(=O)c2ccc(C(=O)NCCc3cnn(-c4ccccc4)c3)cc2C1=O. The van der Waals surface area contributed by atoms with Crippen molar-refractivity contribution in [2.45, 2.75) is 26.2 Å². The van der Waals surface area contributed by atoms with E-state index in [0.717, 1.165) is 24.1 Å². The molecule has 1 N–H and O–H groups in total. The molecule has 0 bridgehead atoms. The number of nitrogens with one attached hydrogen (secondary N) is 1. The zero-order valence-corrected chi connectivity index (χ0v) is 17.4. The molecule has 3 amide bonds. The minimum Gasteiger partial charge on any atom is -0.352 e. The van der Waals surface area contributed by atoms with E-state index in [4.69, 9.17) is 0 Å². The Hall–Kier alpha value is -3.74. The maximum Gasteiger partial charge on any atom is 0.261 e. The summed E-state index contributed by atoms with van der Waals surface area (Å²) in [4.78, 5) is 38.8. The average Bonchev–Trinajstić information content (AvgIpc) is 3.36. The van der Waals surface area contributed by atoms with Gasteiger partial charge in [-0.25, -0.2) is 4.68 Å². The first-order chi connectivity index (χ1) is 15.1. The lowest BCUT2D eigenvalue weighted by Gasteiger charge is -2.12. The molecule has 0 radical (unpaired) electrons. The van der Waals surface area contributed by atoms with Crippen LogP contribution in [0.2, 0.25) is 0 Å². The van der Waals surface area contributed by atoms with Crippen molar-refractivity contribution in [3.63, 3.8) is 0 Å². The highest BCUT2D eigenvalue weighted by molar-refractivity contribution is 6.22. The molecule has 0 saturated heterocycles. The predicted octanol–water partition coefficient (Wildman–Crippen LogP) is 3.24. The van der Waals surface area contributed by atoms with Gasteiger partial charge in [-0.2, -0.15) is 5.10 Å². The van der Waals surface area contributed by atoms with Crippen molar-refractivity contribution >= 4 is 17.7 Å². The Bertz CT molecular complexity index is 1120. The van der Waals surface area contributed by atoms with Gasteiger partial charge >= 0.3 is 0 Å². The summed E-state index contributed by atoms with van der Waals surface area (Å²) in [5.41, 5.74) is 3.02. The van der Waals surface area contributed by atoms with Crippen LogP contribution in [0.25, 0.3) is 5.69 Å². The highest BCUT2D eigenvalue weighted by atomic mass is 16.2. The third-order valence-electron chi connectivity index (χ3n) is 5.32. The normalized spacial score (nSPS) is 12.9. The third kappa shape index (κ3) is 4.26. The second-order valence-electron chi connectivity index (χ2n) is 7.51. The van der Waals surface area contributed by atoms with Gasteiger partial charge in [0.25, 0.3) is 17.7 Å². The fourth-order valence-electron chi connectivity index (χ4n) is 3.58. The zero-order chi connectivity index (χ0) is 21.8. The average molecular weight is 416 g/mol. The first-order valence-electron chi connectivity index (χ1n) is 10.5.